The summed E-state index contributed by atoms with van der Waals surface area (Å²) in [6, 6.07) is 15.1. The van der Waals surface area contributed by atoms with Crippen LogP contribution in [-0.4, -0.2) is 20.0 Å². The predicted octanol–water partition coefficient (Wildman–Crippen LogP) is 4.71. The number of hydrogen-bond acceptors (Lipinski definition) is 6. The van der Waals surface area contributed by atoms with Crippen LogP contribution in [-0.2, 0) is 24.4 Å². The summed E-state index contributed by atoms with van der Waals surface area (Å²) in [5.74, 6) is -0.0867. The van der Waals surface area contributed by atoms with Gasteiger partial charge in [0.05, 0.1) is 17.0 Å². The molecular formula is C26H25ClN4O5S. The Morgan fingerprint density at radius 2 is 1.84 bits per heavy atom. The molecule has 4 rings (SSSR count). The number of benzene rings is 2. The number of nitro benzene ring substituents is 1. The van der Waals surface area contributed by atoms with Crippen LogP contribution >= 0.6 is 22.9 Å². The molecule has 0 bridgehead atoms. The number of non-ortho nitro benzene ring substituents is 1. The Balaban J connectivity index is 1.38. The number of nitro groups is 1. The Morgan fingerprint density at radius 3 is 2.62 bits per heavy atom. The highest BCUT2D eigenvalue weighted by atomic mass is 35.5. The number of nitrogens with one attached hydrogen (secondary N) is 1. The lowest BCUT2D eigenvalue weighted by Crippen LogP contribution is -2.39. The maximum absolute atomic E-state index is 13.3. The van der Waals surface area contributed by atoms with E-state index in [1.165, 1.54) is 32.6 Å². The van der Waals surface area contributed by atoms with E-state index in [4.69, 9.17) is 11.6 Å². The van der Waals surface area contributed by atoms with Gasteiger partial charge in [0, 0.05) is 36.7 Å². The minimum Gasteiger partial charge on any atom is -0.352 e. The van der Waals surface area contributed by atoms with Crippen molar-refractivity contribution in [1.29, 1.82) is 0 Å². The summed E-state index contributed by atoms with van der Waals surface area (Å²) in [7, 11) is 0. The SMILES string of the molecule is O=C(CCCCCn1c(=O)c2sccc2n(Cc2cccc([N+](=O)[O-])c2)c1=O)NCc1ccccc1Cl. The third-order valence-corrected chi connectivity index (χ3v) is 7.28. The zero-order valence-corrected chi connectivity index (χ0v) is 21.5. The summed E-state index contributed by atoms with van der Waals surface area (Å²) in [5, 5.41) is 16.3. The summed E-state index contributed by atoms with van der Waals surface area (Å²) in [5.41, 5.74) is 1.09. The molecule has 0 saturated carbocycles. The molecule has 0 saturated heterocycles. The number of thiophene rings is 1. The molecule has 2 aromatic carbocycles. The third kappa shape index (κ3) is 6.33. The fourth-order valence-corrected chi connectivity index (χ4v) is 5.14. The van der Waals surface area contributed by atoms with Crippen LogP contribution in [0.2, 0.25) is 5.02 Å². The average Bonchev–Trinajstić information content (AvgIpc) is 3.38. The minimum atomic E-state index is -0.482. The highest BCUT2D eigenvalue weighted by molar-refractivity contribution is 7.17. The predicted molar refractivity (Wildman–Crippen MR) is 144 cm³/mol. The molecule has 0 aliphatic heterocycles. The van der Waals surface area contributed by atoms with Gasteiger partial charge in [0.25, 0.3) is 11.2 Å². The van der Waals surface area contributed by atoms with Crippen LogP contribution in [0.5, 0.6) is 0 Å². The molecule has 37 heavy (non-hydrogen) atoms. The first kappa shape index (κ1) is 26.3. The van der Waals surface area contributed by atoms with Crippen molar-refractivity contribution >= 4 is 44.7 Å². The molecule has 9 nitrogen and oxygen atoms in total. The largest absolute Gasteiger partial charge is 0.352 e. The standard InChI is InChI=1S/C26H25ClN4O5S/c27-21-10-4-3-8-19(21)16-28-23(32)11-2-1-5-13-29-25(33)24-22(12-14-37-24)30(26(29)34)17-18-7-6-9-20(15-18)31(35)36/h3-4,6-10,12,14-15H,1-2,5,11,13,16-17H2,(H,28,32). The van der Waals surface area contributed by atoms with E-state index in [-0.39, 0.29) is 30.2 Å². The van der Waals surface area contributed by atoms with Crippen molar-refractivity contribution in [3.63, 3.8) is 0 Å². The zero-order valence-electron chi connectivity index (χ0n) is 19.9. The fraction of sp³-hybridized carbons (Fsp3) is 0.269. The van der Waals surface area contributed by atoms with Gasteiger partial charge in [-0.3, -0.25) is 28.8 Å². The second kappa shape index (κ2) is 12.0. The molecular weight excluding hydrogens is 516 g/mol. The Hall–Kier alpha value is -3.76. The molecule has 0 aliphatic carbocycles. The Labute approximate surface area is 221 Å². The zero-order chi connectivity index (χ0) is 26.4. The van der Waals surface area contributed by atoms with Crippen molar-refractivity contribution in [2.45, 2.75) is 45.3 Å². The molecule has 2 aromatic heterocycles. The first-order chi connectivity index (χ1) is 17.8. The Bertz CT molecular complexity index is 1560. The molecule has 11 heteroatoms. The molecule has 1 amide bonds. The molecule has 0 spiro atoms. The number of unbranched alkanes of at least 4 members (excludes halogenated alkanes) is 2. The smallest absolute Gasteiger partial charge is 0.331 e. The second-order valence-electron chi connectivity index (χ2n) is 8.57. The number of fused-ring (bicyclic) bond motifs is 1. The van der Waals surface area contributed by atoms with Gasteiger partial charge in [0.1, 0.15) is 4.70 Å². The van der Waals surface area contributed by atoms with Gasteiger partial charge in [0.15, 0.2) is 0 Å². The quantitative estimate of drug-likeness (QED) is 0.168. The van der Waals surface area contributed by atoms with Gasteiger partial charge in [-0.2, -0.15) is 0 Å². The van der Waals surface area contributed by atoms with Gasteiger partial charge >= 0.3 is 5.69 Å². The van der Waals surface area contributed by atoms with Crippen molar-refractivity contribution in [2.24, 2.45) is 0 Å². The average molecular weight is 541 g/mol. The van der Waals surface area contributed by atoms with Gasteiger partial charge in [0.2, 0.25) is 5.91 Å². The third-order valence-electron chi connectivity index (χ3n) is 6.02. The maximum atomic E-state index is 13.3. The van der Waals surface area contributed by atoms with Crippen LogP contribution in [0.3, 0.4) is 0 Å². The number of nitrogens with zero attached hydrogens (tertiary/aromatic N) is 3. The lowest BCUT2D eigenvalue weighted by Gasteiger charge is -2.12. The summed E-state index contributed by atoms with van der Waals surface area (Å²) < 4.78 is 3.16. The molecule has 0 fully saturated rings. The van der Waals surface area contributed by atoms with Crippen LogP contribution in [0, 0.1) is 10.1 Å². The first-order valence-electron chi connectivity index (χ1n) is 11.8. The van der Waals surface area contributed by atoms with Gasteiger partial charge in [-0.15, -0.1) is 11.3 Å². The van der Waals surface area contributed by atoms with E-state index in [0.29, 0.717) is 53.0 Å². The highest BCUT2D eigenvalue weighted by Gasteiger charge is 2.15. The molecule has 192 valence electrons. The summed E-state index contributed by atoms with van der Waals surface area (Å²) in [6.07, 6.45) is 2.17. The fourth-order valence-electron chi connectivity index (χ4n) is 4.09. The van der Waals surface area contributed by atoms with Crippen LogP contribution in [0.25, 0.3) is 10.2 Å². The van der Waals surface area contributed by atoms with Gasteiger partial charge in [-0.1, -0.05) is 48.4 Å². The van der Waals surface area contributed by atoms with E-state index >= 15 is 0 Å². The van der Waals surface area contributed by atoms with E-state index in [1.807, 2.05) is 18.2 Å². The topological polar surface area (TPSA) is 116 Å². The number of rotatable bonds is 11. The number of amides is 1. The van der Waals surface area contributed by atoms with E-state index < -0.39 is 10.6 Å². The molecule has 0 atom stereocenters. The normalized spacial score (nSPS) is 11.1. The minimum absolute atomic E-state index is 0.0589. The van der Waals surface area contributed by atoms with Crippen LogP contribution in [0.15, 0.2) is 69.6 Å². The lowest BCUT2D eigenvalue weighted by atomic mass is 10.1. The van der Waals surface area contributed by atoms with E-state index in [2.05, 4.69) is 5.32 Å². The highest BCUT2D eigenvalue weighted by Crippen LogP contribution is 2.19. The monoisotopic (exact) mass is 540 g/mol. The lowest BCUT2D eigenvalue weighted by molar-refractivity contribution is -0.384. The molecule has 0 aliphatic rings. The first-order valence-corrected chi connectivity index (χ1v) is 13.0. The summed E-state index contributed by atoms with van der Waals surface area (Å²) in [6.45, 7) is 0.695. The van der Waals surface area contributed by atoms with Gasteiger partial charge < -0.3 is 5.32 Å². The van der Waals surface area contributed by atoms with Crippen LogP contribution in [0.1, 0.15) is 36.8 Å². The second-order valence-corrected chi connectivity index (χ2v) is 9.89. The van der Waals surface area contributed by atoms with Crippen molar-refractivity contribution in [2.75, 3.05) is 0 Å². The molecule has 1 N–H and O–H groups in total. The summed E-state index contributed by atoms with van der Waals surface area (Å²) >= 11 is 7.37. The van der Waals surface area contributed by atoms with Crippen LogP contribution < -0.4 is 16.6 Å². The number of hydrogen-bond donors (Lipinski definition) is 1. The number of carbonyl (C=O) groups excluding carboxylic acids is 1. The molecule has 0 radical (unpaired) electrons. The van der Waals surface area contributed by atoms with Crippen molar-refractivity contribution in [3.8, 4) is 0 Å². The van der Waals surface area contributed by atoms with Gasteiger partial charge in [-0.05, 0) is 41.5 Å². The number of halogens is 1. The summed E-state index contributed by atoms with van der Waals surface area (Å²) in [4.78, 5) is 49.1. The maximum Gasteiger partial charge on any atom is 0.331 e. The number of carbonyl (C=O) groups is 1. The Morgan fingerprint density at radius 1 is 1.03 bits per heavy atom. The van der Waals surface area contributed by atoms with Crippen LogP contribution in [0.4, 0.5) is 5.69 Å². The van der Waals surface area contributed by atoms with Crippen molar-refractivity contribution in [3.05, 3.63) is 107 Å². The van der Waals surface area contributed by atoms with Gasteiger partial charge in [-0.25, -0.2) is 4.79 Å². The molecule has 2 heterocycles. The molecule has 4 aromatic rings. The van der Waals surface area contributed by atoms with E-state index in [9.17, 15) is 24.5 Å². The Kier molecular flexibility index (Phi) is 8.52. The number of aromatic nitrogens is 2. The van der Waals surface area contributed by atoms with Crippen molar-refractivity contribution < 1.29 is 9.72 Å². The van der Waals surface area contributed by atoms with E-state index in [0.717, 1.165) is 5.56 Å². The van der Waals surface area contributed by atoms with Crippen molar-refractivity contribution in [1.82, 2.24) is 14.5 Å². The van der Waals surface area contributed by atoms with E-state index in [1.54, 1.807) is 29.6 Å². The molecule has 0 unspecified atom stereocenters.